The molecule has 0 amide bonds. The first kappa shape index (κ1) is 15.8. The van der Waals surface area contributed by atoms with Gasteiger partial charge in [-0.25, -0.2) is 9.89 Å². The lowest BCUT2D eigenvalue weighted by Crippen LogP contribution is -2.15. The average Bonchev–Trinajstić information content (AvgIpc) is 2.92. The Morgan fingerprint density at radius 1 is 1.33 bits per heavy atom. The molecule has 0 radical (unpaired) electrons. The largest absolute Gasteiger partial charge is 0.485 e. The van der Waals surface area contributed by atoms with Gasteiger partial charge in [-0.3, -0.25) is 4.57 Å². The smallest absolute Gasteiger partial charge is 0.343 e. The second-order valence-corrected chi connectivity index (χ2v) is 5.51. The molecular weight excluding hydrogens is 328 g/mol. The fourth-order valence-electron chi connectivity index (χ4n) is 2.25. The highest BCUT2D eigenvalue weighted by Crippen LogP contribution is 2.35. The van der Waals surface area contributed by atoms with Crippen LogP contribution >= 0.6 is 11.6 Å². The van der Waals surface area contributed by atoms with Gasteiger partial charge in [-0.05, 0) is 11.6 Å². The second kappa shape index (κ2) is 6.60. The Kier molecular flexibility index (Phi) is 4.36. The number of halogens is 1. The van der Waals surface area contributed by atoms with Gasteiger partial charge in [0.25, 0.3) is 0 Å². The van der Waals surface area contributed by atoms with E-state index in [2.05, 4.69) is 16.3 Å². The number of H-pyrrole nitrogens is 1. The summed E-state index contributed by atoms with van der Waals surface area (Å²) >= 11 is 6.13. The van der Waals surface area contributed by atoms with E-state index in [1.165, 1.54) is 4.57 Å². The number of rotatable bonds is 4. The predicted molar refractivity (Wildman–Crippen MR) is 89.8 cm³/mol. The molecule has 0 atom stereocenters. The molecule has 1 heterocycles. The summed E-state index contributed by atoms with van der Waals surface area (Å²) in [7, 11) is 1.61. The number of hydrogen-bond donors (Lipinski definition) is 1. The zero-order chi connectivity index (χ0) is 17.1. The molecule has 0 unspecified atom stereocenters. The van der Waals surface area contributed by atoms with Crippen LogP contribution < -0.4 is 10.4 Å². The van der Waals surface area contributed by atoms with Gasteiger partial charge in [0.05, 0.1) is 10.6 Å². The number of ether oxygens (including phenoxy) is 1. The van der Waals surface area contributed by atoms with Crippen LogP contribution in [-0.4, -0.2) is 14.8 Å². The van der Waals surface area contributed by atoms with Crippen LogP contribution in [0.15, 0.2) is 47.3 Å². The van der Waals surface area contributed by atoms with Crippen molar-refractivity contribution in [2.75, 3.05) is 0 Å². The maximum atomic E-state index is 11.4. The Labute approximate surface area is 142 Å². The first-order chi connectivity index (χ1) is 11.6. The van der Waals surface area contributed by atoms with Crippen LogP contribution in [0.1, 0.15) is 11.4 Å². The third kappa shape index (κ3) is 3.03. The summed E-state index contributed by atoms with van der Waals surface area (Å²) < 4.78 is 7.18. The monoisotopic (exact) mass is 340 g/mol. The van der Waals surface area contributed by atoms with Gasteiger partial charge < -0.3 is 4.74 Å². The van der Waals surface area contributed by atoms with E-state index in [-0.39, 0.29) is 12.3 Å². The molecule has 6 nitrogen and oxygen atoms in total. The summed E-state index contributed by atoms with van der Waals surface area (Å²) in [5.74, 6) is 0.972. The highest BCUT2D eigenvalue weighted by molar-refractivity contribution is 6.32. The lowest BCUT2D eigenvalue weighted by atomic mass is 10.0. The highest BCUT2D eigenvalue weighted by Gasteiger charge is 2.13. The molecule has 24 heavy (non-hydrogen) atoms. The van der Waals surface area contributed by atoms with Crippen molar-refractivity contribution in [2.45, 2.75) is 6.61 Å². The van der Waals surface area contributed by atoms with Gasteiger partial charge in [0.2, 0.25) is 0 Å². The van der Waals surface area contributed by atoms with Crippen LogP contribution in [0.5, 0.6) is 5.75 Å². The van der Waals surface area contributed by atoms with Gasteiger partial charge in [0, 0.05) is 18.7 Å². The maximum Gasteiger partial charge on any atom is 0.343 e. The van der Waals surface area contributed by atoms with Gasteiger partial charge in [-0.2, -0.15) is 10.4 Å². The van der Waals surface area contributed by atoms with E-state index in [9.17, 15) is 10.1 Å². The average molecular weight is 341 g/mol. The van der Waals surface area contributed by atoms with Gasteiger partial charge in [-0.15, -0.1) is 0 Å². The van der Waals surface area contributed by atoms with E-state index >= 15 is 0 Å². The van der Waals surface area contributed by atoms with Crippen molar-refractivity contribution in [3.05, 3.63) is 69.4 Å². The van der Waals surface area contributed by atoms with Crippen LogP contribution in [0.25, 0.3) is 11.1 Å². The van der Waals surface area contributed by atoms with Crippen LogP contribution in [0.3, 0.4) is 0 Å². The fraction of sp³-hybridized carbons (Fsp3) is 0.118. The molecule has 3 aromatic rings. The molecule has 0 aliphatic rings. The molecule has 0 bridgehead atoms. The number of aromatic nitrogens is 3. The highest BCUT2D eigenvalue weighted by atomic mass is 35.5. The molecule has 0 saturated carbocycles. The number of nitriles is 1. The van der Waals surface area contributed by atoms with Crippen LogP contribution in [0, 0.1) is 11.3 Å². The van der Waals surface area contributed by atoms with E-state index in [0.29, 0.717) is 22.2 Å². The normalized spacial score (nSPS) is 10.4. The minimum absolute atomic E-state index is 0.0945. The topological polar surface area (TPSA) is 83.7 Å². The first-order valence-electron chi connectivity index (χ1n) is 7.12. The Morgan fingerprint density at radius 2 is 2.08 bits per heavy atom. The molecule has 0 aliphatic heterocycles. The molecule has 0 aliphatic carbocycles. The standard InChI is InChI=1S/C17H13ClN4O2/c1-22-16(20-21-17(22)23)10-24-15-8-14(18)12(9-19)7-13(15)11-5-3-2-4-6-11/h2-8H,10H2,1H3,(H,21,23). The van der Waals surface area contributed by atoms with Gasteiger partial charge in [0.15, 0.2) is 5.82 Å². The summed E-state index contributed by atoms with van der Waals surface area (Å²) in [6, 6.07) is 14.9. The van der Waals surface area contributed by atoms with Crippen molar-refractivity contribution in [2.24, 2.45) is 7.05 Å². The Morgan fingerprint density at radius 3 is 2.71 bits per heavy atom. The Balaban J connectivity index is 2.00. The number of benzene rings is 2. The van der Waals surface area contributed by atoms with Crippen molar-refractivity contribution in [1.29, 1.82) is 5.26 Å². The molecule has 7 heteroatoms. The van der Waals surface area contributed by atoms with Crippen LogP contribution in [0.2, 0.25) is 5.02 Å². The van der Waals surface area contributed by atoms with E-state index in [1.807, 2.05) is 30.3 Å². The molecule has 0 saturated heterocycles. The predicted octanol–water partition coefficient (Wildman–Crippen LogP) is 2.88. The molecular formula is C17H13ClN4O2. The van der Waals surface area contributed by atoms with Crippen molar-refractivity contribution in [1.82, 2.24) is 14.8 Å². The quantitative estimate of drug-likeness (QED) is 0.791. The SMILES string of the molecule is Cn1c(COc2cc(Cl)c(C#N)cc2-c2ccccc2)n[nH]c1=O. The van der Waals surface area contributed by atoms with E-state index < -0.39 is 0 Å². The second-order valence-electron chi connectivity index (χ2n) is 5.10. The molecule has 120 valence electrons. The van der Waals surface area contributed by atoms with Crippen molar-refractivity contribution in [3.8, 4) is 22.9 Å². The first-order valence-corrected chi connectivity index (χ1v) is 7.50. The lowest BCUT2D eigenvalue weighted by Gasteiger charge is -2.13. The number of nitrogens with zero attached hydrogens (tertiary/aromatic N) is 3. The van der Waals surface area contributed by atoms with Gasteiger partial charge in [0.1, 0.15) is 18.4 Å². The van der Waals surface area contributed by atoms with Crippen molar-refractivity contribution < 1.29 is 4.74 Å². The zero-order valence-corrected chi connectivity index (χ0v) is 13.5. The summed E-state index contributed by atoms with van der Waals surface area (Å²) in [6.45, 7) is 0.0945. The summed E-state index contributed by atoms with van der Waals surface area (Å²) in [4.78, 5) is 11.4. The molecule has 0 spiro atoms. The maximum absolute atomic E-state index is 11.4. The zero-order valence-electron chi connectivity index (χ0n) is 12.8. The molecule has 1 N–H and O–H groups in total. The van der Waals surface area contributed by atoms with Crippen LogP contribution in [0.4, 0.5) is 0 Å². The molecule has 2 aromatic carbocycles. The van der Waals surface area contributed by atoms with E-state index in [4.69, 9.17) is 16.3 Å². The summed E-state index contributed by atoms with van der Waals surface area (Å²) in [5.41, 5.74) is 1.71. The molecule has 0 fully saturated rings. The van der Waals surface area contributed by atoms with Crippen LogP contribution in [-0.2, 0) is 13.7 Å². The van der Waals surface area contributed by atoms with E-state index in [0.717, 1.165) is 11.1 Å². The fourth-order valence-corrected chi connectivity index (χ4v) is 2.45. The van der Waals surface area contributed by atoms with E-state index in [1.54, 1.807) is 19.2 Å². The summed E-state index contributed by atoms with van der Waals surface area (Å²) in [6.07, 6.45) is 0. The minimum atomic E-state index is -0.310. The Hall–Kier alpha value is -3.04. The number of hydrogen-bond acceptors (Lipinski definition) is 4. The van der Waals surface area contributed by atoms with Gasteiger partial charge in [-0.1, -0.05) is 41.9 Å². The Bertz CT molecular complexity index is 970. The van der Waals surface area contributed by atoms with Gasteiger partial charge >= 0.3 is 5.69 Å². The minimum Gasteiger partial charge on any atom is -0.485 e. The third-order valence-corrected chi connectivity index (χ3v) is 3.92. The third-order valence-electron chi connectivity index (χ3n) is 3.60. The molecule has 1 aromatic heterocycles. The van der Waals surface area contributed by atoms with Crippen molar-refractivity contribution in [3.63, 3.8) is 0 Å². The summed E-state index contributed by atoms with van der Waals surface area (Å²) in [5, 5.41) is 15.8. The number of aromatic amines is 1. The lowest BCUT2D eigenvalue weighted by molar-refractivity contribution is 0.292. The number of nitrogens with one attached hydrogen (secondary N) is 1. The van der Waals surface area contributed by atoms with Crippen molar-refractivity contribution >= 4 is 11.6 Å². The molecule has 3 rings (SSSR count).